The first-order chi connectivity index (χ1) is 11.0. The van der Waals surface area contributed by atoms with Crippen LogP contribution in [0.1, 0.15) is 57.1 Å². The van der Waals surface area contributed by atoms with Gasteiger partial charge in [0, 0.05) is 3.57 Å². The fourth-order valence-electron chi connectivity index (χ4n) is 3.46. The Kier molecular flexibility index (Phi) is 7.14. The summed E-state index contributed by atoms with van der Waals surface area (Å²) in [5.74, 6) is 0.530. The number of carbonyl (C=O) groups is 1. The van der Waals surface area contributed by atoms with E-state index in [1.165, 1.54) is 6.42 Å². The lowest BCUT2D eigenvalue weighted by atomic mass is 9.81. The molecular weight excluding hydrogens is 405 g/mol. The molecule has 0 aromatic heterocycles. The second kappa shape index (κ2) is 8.87. The van der Waals surface area contributed by atoms with Gasteiger partial charge < -0.3 is 15.6 Å². The van der Waals surface area contributed by atoms with E-state index in [4.69, 9.17) is 10.5 Å². The van der Waals surface area contributed by atoms with Crippen LogP contribution in [0.25, 0.3) is 0 Å². The van der Waals surface area contributed by atoms with E-state index in [0.29, 0.717) is 5.92 Å². The van der Waals surface area contributed by atoms with E-state index in [0.717, 1.165) is 41.2 Å². The van der Waals surface area contributed by atoms with Gasteiger partial charge in [-0.3, -0.25) is 0 Å². The normalized spacial score (nSPS) is 24.0. The fourth-order valence-corrected chi connectivity index (χ4v) is 4.17. The second-order valence-electron chi connectivity index (χ2n) is 6.54. The highest BCUT2D eigenvalue weighted by Crippen LogP contribution is 2.34. The molecule has 1 aromatic carbocycles. The summed E-state index contributed by atoms with van der Waals surface area (Å²) >= 11 is 2.27. The van der Waals surface area contributed by atoms with Crippen LogP contribution in [0.5, 0.6) is 0 Å². The summed E-state index contributed by atoms with van der Waals surface area (Å²) < 4.78 is 6.37. The molecule has 1 fully saturated rings. The molecule has 0 bridgehead atoms. The molecule has 5 heteroatoms. The molecule has 4 nitrogen and oxygen atoms in total. The molecule has 1 amide bonds. The average Bonchev–Trinajstić information content (AvgIpc) is 2.53. The molecule has 2 unspecified atom stereocenters. The number of hydrogen-bond acceptors (Lipinski definition) is 3. The molecule has 0 saturated heterocycles. The highest BCUT2D eigenvalue weighted by molar-refractivity contribution is 14.1. The first kappa shape index (κ1) is 18.5. The minimum Gasteiger partial charge on any atom is -0.446 e. The number of amides is 1. The molecule has 0 aliphatic heterocycles. The van der Waals surface area contributed by atoms with Gasteiger partial charge in [-0.05, 0) is 78.2 Å². The van der Waals surface area contributed by atoms with Gasteiger partial charge in [-0.25, -0.2) is 4.79 Å². The van der Waals surface area contributed by atoms with Crippen LogP contribution in [0.3, 0.4) is 0 Å². The van der Waals surface area contributed by atoms with Gasteiger partial charge in [0.25, 0.3) is 0 Å². The standard InChI is InChI=1S/C18H26INO3/c1-12(17(21)14-7-3-4-8-15(14)19)10-11-13-6-2-5-9-16(13)23-18(20)22/h3-4,7-8,12-13,16-17,21H,2,5-6,9-11H2,1H3,(H2,20,22)/t12?,13-,16-,17?/m0/s1. The lowest BCUT2D eigenvalue weighted by Crippen LogP contribution is -2.32. The van der Waals surface area contributed by atoms with Crippen molar-refractivity contribution < 1.29 is 14.6 Å². The summed E-state index contributed by atoms with van der Waals surface area (Å²) in [7, 11) is 0. The van der Waals surface area contributed by atoms with Crippen LogP contribution in [-0.2, 0) is 4.74 Å². The lowest BCUT2D eigenvalue weighted by Gasteiger charge is -2.32. The van der Waals surface area contributed by atoms with Gasteiger partial charge in [0.2, 0.25) is 0 Å². The van der Waals surface area contributed by atoms with Gasteiger partial charge in [-0.2, -0.15) is 0 Å². The van der Waals surface area contributed by atoms with Crippen LogP contribution < -0.4 is 5.73 Å². The molecule has 1 aliphatic carbocycles. The van der Waals surface area contributed by atoms with E-state index in [1.807, 2.05) is 24.3 Å². The zero-order valence-corrected chi connectivity index (χ0v) is 15.7. The summed E-state index contributed by atoms with van der Waals surface area (Å²) in [4.78, 5) is 11.0. The van der Waals surface area contributed by atoms with Crippen molar-refractivity contribution in [1.82, 2.24) is 0 Å². The Bertz CT molecular complexity index is 523. The number of primary amides is 1. The molecule has 23 heavy (non-hydrogen) atoms. The molecule has 0 radical (unpaired) electrons. The lowest BCUT2D eigenvalue weighted by molar-refractivity contribution is 0.0324. The highest BCUT2D eigenvalue weighted by Gasteiger charge is 2.29. The monoisotopic (exact) mass is 431 g/mol. The molecule has 1 aromatic rings. The maximum absolute atomic E-state index is 11.0. The number of aliphatic hydroxyl groups excluding tert-OH is 1. The molecule has 4 atom stereocenters. The van der Waals surface area contributed by atoms with Gasteiger partial charge in [0.1, 0.15) is 6.10 Å². The number of nitrogens with two attached hydrogens (primary N) is 1. The minimum atomic E-state index is -0.672. The molecule has 1 saturated carbocycles. The van der Waals surface area contributed by atoms with Crippen molar-refractivity contribution in [3.8, 4) is 0 Å². The number of aliphatic hydroxyl groups is 1. The first-order valence-corrected chi connectivity index (χ1v) is 9.45. The predicted octanol–water partition coefficient (Wildman–Crippen LogP) is 4.40. The maximum Gasteiger partial charge on any atom is 0.404 e. The van der Waals surface area contributed by atoms with E-state index < -0.39 is 12.2 Å². The van der Waals surface area contributed by atoms with Gasteiger partial charge in [-0.15, -0.1) is 0 Å². The first-order valence-electron chi connectivity index (χ1n) is 8.37. The van der Waals surface area contributed by atoms with Crippen LogP contribution in [0.15, 0.2) is 24.3 Å². The van der Waals surface area contributed by atoms with Crippen molar-refractivity contribution in [3.63, 3.8) is 0 Å². The van der Waals surface area contributed by atoms with E-state index in [1.54, 1.807) is 0 Å². The fraction of sp³-hybridized carbons (Fsp3) is 0.611. The molecule has 0 heterocycles. The smallest absolute Gasteiger partial charge is 0.404 e. The van der Waals surface area contributed by atoms with Crippen molar-refractivity contribution >= 4 is 28.7 Å². The number of hydrogen-bond donors (Lipinski definition) is 2. The molecule has 2 rings (SSSR count). The van der Waals surface area contributed by atoms with Crippen LogP contribution in [-0.4, -0.2) is 17.3 Å². The van der Waals surface area contributed by atoms with Crippen molar-refractivity contribution in [2.45, 2.75) is 57.7 Å². The van der Waals surface area contributed by atoms with E-state index in [9.17, 15) is 9.90 Å². The summed E-state index contributed by atoms with van der Waals surface area (Å²) in [5.41, 5.74) is 6.17. The zero-order valence-electron chi connectivity index (χ0n) is 13.6. The van der Waals surface area contributed by atoms with Crippen molar-refractivity contribution in [1.29, 1.82) is 0 Å². The van der Waals surface area contributed by atoms with Gasteiger partial charge in [0.05, 0.1) is 6.10 Å². The molecule has 1 aliphatic rings. The predicted molar refractivity (Wildman–Crippen MR) is 98.9 cm³/mol. The molecule has 3 N–H and O–H groups in total. The van der Waals surface area contributed by atoms with Crippen molar-refractivity contribution in [3.05, 3.63) is 33.4 Å². The summed E-state index contributed by atoms with van der Waals surface area (Å²) in [6.07, 6.45) is 4.93. The Hall–Kier alpha value is -0.820. The summed E-state index contributed by atoms with van der Waals surface area (Å²) in [5, 5.41) is 10.6. The van der Waals surface area contributed by atoms with E-state index >= 15 is 0 Å². The topological polar surface area (TPSA) is 72.5 Å². The Labute approximate surface area is 151 Å². The van der Waals surface area contributed by atoms with Crippen molar-refractivity contribution in [2.24, 2.45) is 17.6 Å². The quantitative estimate of drug-likeness (QED) is 0.656. The van der Waals surface area contributed by atoms with Gasteiger partial charge >= 0.3 is 6.09 Å². The average molecular weight is 431 g/mol. The maximum atomic E-state index is 11.0. The summed E-state index contributed by atoms with van der Waals surface area (Å²) in [6, 6.07) is 7.95. The summed E-state index contributed by atoms with van der Waals surface area (Å²) in [6.45, 7) is 2.08. The van der Waals surface area contributed by atoms with E-state index in [2.05, 4.69) is 29.5 Å². The third-order valence-electron chi connectivity index (χ3n) is 4.86. The second-order valence-corrected chi connectivity index (χ2v) is 7.70. The zero-order chi connectivity index (χ0) is 16.8. The van der Waals surface area contributed by atoms with Crippen LogP contribution in [0.4, 0.5) is 4.79 Å². The largest absolute Gasteiger partial charge is 0.446 e. The highest BCUT2D eigenvalue weighted by atomic mass is 127. The SMILES string of the molecule is CC(CC[C@@H]1CCCC[C@@H]1OC(N)=O)C(O)c1ccccc1I. The number of carbonyl (C=O) groups excluding carboxylic acids is 1. The molecule has 128 valence electrons. The molecular formula is C18H26INO3. The number of ether oxygens (including phenoxy) is 1. The minimum absolute atomic E-state index is 0.0533. The van der Waals surface area contributed by atoms with Gasteiger partial charge in [-0.1, -0.05) is 31.5 Å². The Morgan fingerprint density at radius 2 is 2.09 bits per heavy atom. The Morgan fingerprint density at radius 3 is 2.78 bits per heavy atom. The number of benzene rings is 1. The number of rotatable bonds is 6. The van der Waals surface area contributed by atoms with Gasteiger partial charge in [0.15, 0.2) is 0 Å². The third-order valence-corrected chi connectivity index (χ3v) is 5.84. The van der Waals surface area contributed by atoms with Crippen LogP contribution in [0, 0.1) is 15.4 Å². The van der Waals surface area contributed by atoms with Crippen molar-refractivity contribution in [2.75, 3.05) is 0 Å². The van der Waals surface area contributed by atoms with Crippen LogP contribution >= 0.6 is 22.6 Å². The third kappa shape index (κ3) is 5.35. The Balaban J connectivity index is 1.90. The number of halogens is 1. The van der Waals surface area contributed by atoms with E-state index in [-0.39, 0.29) is 12.0 Å². The Morgan fingerprint density at radius 1 is 1.39 bits per heavy atom. The molecule has 0 spiro atoms. The van der Waals surface area contributed by atoms with Crippen LogP contribution in [0.2, 0.25) is 0 Å².